The highest BCUT2D eigenvalue weighted by atomic mass is 16.4. The average molecular weight is 270 g/mol. The molecular formula is C16H18N2O2. The van der Waals surface area contributed by atoms with Crippen molar-refractivity contribution >= 4 is 5.97 Å². The largest absolute Gasteiger partial charge is 0.479 e. The van der Waals surface area contributed by atoms with E-state index in [1.165, 1.54) is 5.56 Å². The highest BCUT2D eigenvalue weighted by Crippen LogP contribution is 2.42. The van der Waals surface area contributed by atoms with Crippen molar-refractivity contribution in [1.82, 2.24) is 9.55 Å². The van der Waals surface area contributed by atoms with Gasteiger partial charge in [0.15, 0.2) is 0 Å². The minimum Gasteiger partial charge on any atom is -0.479 e. The van der Waals surface area contributed by atoms with Crippen LogP contribution in [0.1, 0.15) is 37.2 Å². The number of rotatable bonds is 3. The van der Waals surface area contributed by atoms with Crippen molar-refractivity contribution in [3.05, 3.63) is 54.6 Å². The van der Waals surface area contributed by atoms with Crippen LogP contribution in [0.4, 0.5) is 0 Å². The van der Waals surface area contributed by atoms with E-state index in [9.17, 15) is 9.90 Å². The van der Waals surface area contributed by atoms with E-state index in [4.69, 9.17) is 0 Å². The van der Waals surface area contributed by atoms with Crippen molar-refractivity contribution in [3.63, 3.8) is 0 Å². The average Bonchev–Trinajstić information content (AvgIpc) is 3.03. The van der Waals surface area contributed by atoms with Gasteiger partial charge in [-0.1, -0.05) is 30.3 Å². The molecule has 1 heterocycles. The predicted molar refractivity (Wildman–Crippen MR) is 75.5 cm³/mol. The first-order valence-electron chi connectivity index (χ1n) is 6.99. The van der Waals surface area contributed by atoms with Gasteiger partial charge < -0.3 is 9.67 Å². The van der Waals surface area contributed by atoms with E-state index in [1.807, 2.05) is 18.2 Å². The Hall–Kier alpha value is -2.10. The first-order valence-corrected chi connectivity index (χ1v) is 6.99. The van der Waals surface area contributed by atoms with Crippen molar-refractivity contribution in [1.29, 1.82) is 0 Å². The maximum Gasteiger partial charge on any atom is 0.329 e. The monoisotopic (exact) mass is 270 g/mol. The Labute approximate surface area is 118 Å². The molecule has 20 heavy (non-hydrogen) atoms. The van der Waals surface area contributed by atoms with Crippen molar-refractivity contribution in [2.24, 2.45) is 0 Å². The van der Waals surface area contributed by atoms with Crippen molar-refractivity contribution in [3.8, 4) is 0 Å². The summed E-state index contributed by atoms with van der Waals surface area (Å²) >= 11 is 0. The number of aliphatic carboxylic acids is 1. The highest BCUT2D eigenvalue weighted by Gasteiger charge is 2.43. The standard InChI is InChI=1S/C16H18N2O2/c19-15(20)16(18-11-10-17-12-18)8-6-14(7-9-16)13-4-2-1-3-5-13/h1-5,10-12,14H,6-9H2,(H,19,20). The molecule has 104 valence electrons. The number of benzene rings is 1. The van der Waals surface area contributed by atoms with Gasteiger partial charge in [0.1, 0.15) is 5.54 Å². The molecule has 1 N–H and O–H groups in total. The molecule has 1 aliphatic carbocycles. The summed E-state index contributed by atoms with van der Waals surface area (Å²) in [4.78, 5) is 15.8. The van der Waals surface area contributed by atoms with Crippen LogP contribution in [-0.2, 0) is 10.3 Å². The van der Waals surface area contributed by atoms with Gasteiger partial charge in [0.2, 0.25) is 0 Å². The van der Waals surface area contributed by atoms with Gasteiger partial charge in [0.05, 0.1) is 6.33 Å². The Kier molecular flexibility index (Phi) is 3.30. The summed E-state index contributed by atoms with van der Waals surface area (Å²) in [6, 6.07) is 10.4. The fourth-order valence-corrected chi connectivity index (χ4v) is 3.25. The van der Waals surface area contributed by atoms with Crippen LogP contribution < -0.4 is 0 Å². The van der Waals surface area contributed by atoms with Gasteiger partial charge in [-0.05, 0) is 37.2 Å². The lowest BCUT2D eigenvalue weighted by Gasteiger charge is -2.37. The number of imidazole rings is 1. The molecule has 0 unspecified atom stereocenters. The van der Waals surface area contributed by atoms with Gasteiger partial charge in [0, 0.05) is 12.4 Å². The SMILES string of the molecule is O=C(O)C1(n2ccnc2)CCC(c2ccccc2)CC1. The molecule has 1 fully saturated rings. The molecule has 1 aliphatic rings. The van der Waals surface area contributed by atoms with Crippen LogP contribution in [0.25, 0.3) is 0 Å². The zero-order valence-corrected chi connectivity index (χ0v) is 11.3. The van der Waals surface area contributed by atoms with Crippen LogP contribution in [0.5, 0.6) is 0 Å². The minimum absolute atomic E-state index is 0.465. The molecule has 0 radical (unpaired) electrons. The fraction of sp³-hybridized carbons (Fsp3) is 0.375. The zero-order valence-electron chi connectivity index (χ0n) is 11.3. The summed E-state index contributed by atoms with van der Waals surface area (Å²) in [5.74, 6) is -0.283. The summed E-state index contributed by atoms with van der Waals surface area (Å²) in [6.45, 7) is 0. The van der Waals surface area contributed by atoms with Gasteiger partial charge in [0.25, 0.3) is 0 Å². The number of nitrogens with zero attached hydrogens (tertiary/aromatic N) is 2. The first kappa shape index (κ1) is 12.9. The number of hydrogen-bond donors (Lipinski definition) is 1. The predicted octanol–water partition coefficient (Wildman–Crippen LogP) is 3.02. The number of carboxylic acid groups (broad SMARTS) is 1. The van der Waals surface area contributed by atoms with Gasteiger partial charge in [-0.3, -0.25) is 0 Å². The van der Waals surface area contributed by atoms with E-state index in [0.29, 0.717) is 18.8 Å². The van der Waals surface area contributed by atoms with Gasteiger partial charge in [-0.25, -0.2) is 9.78 Å². The fourth-order valence-electron chi connectivity index (χ4n) is 3.25. The van der Waals surface area contributed by atoms with Crippen LogP contribution in [0.15, 0.2) is 49.1 Å². The van der Waals surface area contributed by atoms with Crippen molar-refractivity contribution in [2.75, 3.05) is 0 Å². The molecule has 0 saturated heterocycles. The molecule has 1 aromatic carbocycles. The van der Waals surface area contributed by atoms with E-state index in [-0.39, 0.29) is 0 Å². The second-order valence-corrected chi connectivity index (χ2v) is 5.49. The van der Waals surface area contributed by atoms with Crippen LogP contribution in [0.2, 0.25) is 0 Å². The van der Waals surface area contributed by atoms with Gasteiger partial charge in [-0.2, -0.15) is 0 Å². The van der Waals surface area contributed by atoms with Crippen molar-refractivity contribution < 1.29 is 9.90 Å². The molecule has 4 nitrogen and oxygen atoms in total. The van der Waals surface area contributed by atoms with Crippen LogP contribution in [0.3, 0.4) is 0 Å². The Morgan fingerprint density at radius 1 is 1.25 bits per heavy atom. The summed E-state index contributed by atoms with van der Waals surface area (Å²) in [6.07, 6.45) is 8.13. The Morgan fingerprint density at radius 2 is 1.95 bits per heavy atom. The van der Waals surface area contributed by atoms with E-state index in [0.717, 1.165) is 12.8 Å². The topological polar surface area (TPSA) is 55.1 Å². The molecule has 1 aromatic heterocycles. The van der Waals surface area contributed by atoms with Crippen LogP contribution in [0, 0.1) is 0 Å². The molecule has 2 aromatic rings. The lowest BCUT2D eigenvalue weighted by Crippen LogP contribution is -2.44. The van der Waals surface area contributed by atoms with E-state index in [1.54, 1.807) is 23.3 Å². The van der Waals surface area contributed by atoms with Crippen LogP contribution in [-0.4, -0.2) is 20.6 Å². The second kappa shape index (κ2) is 5.12. The normalized spacial score (nSPS) is 26.3. The first-order chi connectivity index (χ1) is 9.72. The Morgan fingerprint density at radius 3 is 2.50 bits per heavy atom. The maximum absolute atomic E-state index is 11.8. The maximum atomic E-state index is 11.8. The summed E-state index contributed by atoms with van der Waals surface area (Å²) in [5.41, 5.74) is 0.499. The van der Waals surface area contributed by atoms with E-state index >= 15 is 0 Å². The summed E-state index contributed by atoms with van der Waals surface area (Å²) in [7, 11) is 0. The second-order valence-electron chi connectivity index (χ2n) is 5.49. The molecule has 0 amide bonds. The number of aromatic nitrogens is 2. The van der Waals surface area contributed by atoms with Crippen molar-refractivity contribution in [2.45, 2.75) is 37.1 Å². The summed E-state index contributed by atoms with van der Waals surface area (Å²) in [5, 5.41) is 9.67. The Bertz CT molecular complexity index is 570. The van der Waals surface area contributed by atoms with E-state index < -0.39 is 11.5 Å². The quantitative estimate of drug-likeness (QED) is 0.932. The zero-order chi connectivity index (χ0) is 14.0. The lowest BCUT2D eigenvalue weighted by atomic mass is 9.74. The Balaban J connectivity index is 1.81. The van der Waals surface area contributed by atoms with Gasteiger partial charge in [-0.15, -0.1) is 0 Å². The number of carboxylic acids is 1. The summed E-state index contributed by atoms with van der Waals surface area (Å²) < 4.78 is 1.76. The smallest absolute Gasteiger partial charge is 0.329 e. The van der Waals surface area contributed by atoms with Gasteiger partial charge >= 0.3 is 5.97 Å². The third-order valence-electron chi connectivity index (χ3n) is 4.48. The molecule has 0 aliphatic heterocycles. The lowest BCUT2D eigenvalue weighted by molar-refractivity contribution is -0.149. The van der Waals surface area contributed by atoms with Crippen LogP contribution >= 0.6 is 0 Å². The molecule has 1 saturated carbocycles. The minimum atomic E-state index is -0.818. The molecule has 0 atom stereocenters. The molecular weight excluding hydrogens is 252 g/mol. The number of hydrogen-bond acceptors (Lipinski definition) is 2. The number of carbonyl (C=O) groups is 1. The third kappa shape index (κ3) is 2.11. The highest BCUT2D eigenvalue weighted by molar-refractivity contribution is 5.77. The molecule has 0 spiro atoms. The third-order valence-corrected chi connectivity index (χ3v) is 4.48. The molecule has 4 heteroatoms. The van der Waals surface area contributed by atoms with E-state index in [2.05, 4.69) is 17.1 Å². The molecule has 0 bridgehead atoms. The molecule has 3 rings (SSSR count).